The van der Waals surface area contributed by atoms with Gasteiger partial charge in [-0.2, -0.15) is 0 Å². The Kier molecular flexibility index (Phi) is 4.74. The maximum Gasteiger partial charge on any atom is 0.236 e. The molecule has 0 spiro atoms. The number of piperazine rings is 1. The van der Waals surface area contributed by atoms with Crippen LogP contribution in [-0.4, -0.2) is 55.0 Å². The molecule has 0 aromatic carbocycles. The second-order valence-electron chi connectivity index (χ2n) is 4.85. The normalized spacial score (nSPS) is 20.9. The number of rotatable bonds is 4. The van der Waals surface area contributed by atoms with Crippen LogP contribution in [0, 0.1) is 0 Å². The van der Waals surface area contributed by atoms with Crippen molar-refractivity contribution >= 4 is 17.2 Å². The van der Waals surface area contributed by atoms with E-state index in [1.165, 1.54) is 4.88 Å². The Bertz CT molecular complexity index is 380. The number of thiophene rings is 1. The van der Waals surface area contributed by atoms with E-state index in [2.05, 4.69) is 23.2 Å². The number of nitrogens with zero attached hydrogens (tertiary/aromatic N) is 2. The van der Waals surface area contributed by atoms with Gasteiger partial charge in [-0.05, 0) is 18.4 Å². The zero-order chi connectivity index (χ0) is 13.0. The average Bonchev–Trinajstić information content (AvgIpc) is 2.84. The van der Waals surface area contributed by atoms with Crippen LogP contribution >= 0.6 is 11.3 Å². The van der Waals surface area contributed by atoms with Crippen LogP contribution in [0.1, 0.15) is 11.8 Å². The fraction of sp³-hybridized carbons (Fsp3) is 0.615. The van der Waals surface area contributed by atoms with Crippen molar-refractivity contribution in [2.45, 2.75) is 19.5 Å². The SMILES string of the molecule is CC1CNCCN1CC(=O)N(C)Cc1cccs1. The number of nitrogens with one attached hydrogen (secondary N) is 1. The summed E-state index contributed by atoms with van der Waals surface area (Å²) >= 11 is 1.70. The van der Waals surface area contributed by atoms with Crippen molar-refractivity contribution in [3.63, 3.8) is 0 Å². The molecule has 2 heterocycles. The first-order valence-corrected chi connectivity index (χ1v) is 7.26. The van der Waals surface area contributed by atoms with Crippen LogP contribution in [0.25, 0.3) is 0 Å². The third-order valence-electron chi connectivity index (χ3n) is 3.38. The second-order valence-corrected chi connectivity index (χ2v) is 5.89. The summed E-state index contributed by atoms with van der Waals surface area (Å²) in [5, 5.41) is 5.39. The molecule has 100 valence electrons. The molecule has 1 aliphatic heterocycles. The van der Waals surface area contributed by atoms with Crippen molar-refractivity contribution in [1.82, 2.24) is 15.1 Å². The molecule has 0 aliphatic carbocycles. The fourth-order valence-corrected chi connectivity index (χ4v) is 2.89. The number of carbonyl (C=O) groups is 1. The molecule has 1 fully saturated rings. The van der Waals surface area contributed by atoms with Crippen LogP contribution in [0.4, 0.5) is 0 Å². The average molecular weight is 267 g/mol. The zero-order valence-corrected chi connectivity index (χ0v) is 11.9. The van der Waals surface area contributed by atoms with Crippen molar-refractivity contribution in [3.05, 3.63) is 22.4 Å². The van der Waals surface area contributed by atoms with Gasteiger partial charge in [-0.1, -0.05) is 6.07 Å². The van der Waals surface area contributed by atoms with Gasteiger partial charge in [0.25, 0.3) is 0 Å². The first-order valence-electron chi connectivity index (χ1n) is 6.38. The number of amides is 1. The molecule has 1 unspecified atom stereocenters. The summed E-state index contributed by atoms with van der Waals surface area (Å²) in [4.78, 5) is 17.5. The zero-order valence-electron chi connectivity index (χ0n) is 11.1. The van der Waals surface area contributed by atoms with Crippen molar-refractivity contribution in [1.29, 1.82) is 0 Å². The number of hydrogen-bond donors (Lipinski definition) is 1. The van der Waals surface area contributed by atoms with Gasteiger partial charge < -0.3 is 10.2 Å². The molecule has 0 radical (unpaired) electrons. The highest BCUT2D eigenvalue weighted by molar-refractivity contribution is 7.09. The smallest absolute Gasteiger partial charge is 0.236 e. The van der Waals surface area contributed by atoms with E-state index in [4.69, 9.17) is 0 Å². The van der Waals surface area contributed by atoms with Gasteiger partial charge >= 0.3 is 0 Å². The first kappa shape index (κ1) is 13.5. The lowest BCUT2D eigenvalue weighted by Crippen LogP contribution is -2.52. The third-order valence-corrected chi connectivity index (χ3v) is 4.24. The third kappa shape index (κ3) is 3.54. The Labute approximate surface area is 113 Å². The lowest BCUT2D eigenvalue weighted by molar-refractivity contribution is -0.132. The maximum absolute atomic E-state index is 12.2. The monoisotopic (exact) mass is 267 g/mol. The highest BCUT2D eigenvalue weighted by Crippen LogP contribution is 2.11. The highest BCUT2D eigenvalue weighted by atomic mass is 32.1. The Morgan fingerprint density at radius 1 is 1.67 bits per heavy atom. The summed E-state index contributed by atoms with van der Waals surface area (Å²) in [6, 6.07) is 4.54. The van der Waals surface area contributed by atoms with Gasteiger partial charge in [-0.25, -0.2) is 0 Å². The van der Waals surface area contributed by atoms with Crippen LogP contribution in [0.3, 0.4) is 0 Å². The molecule has 2 rings (SSSR count). The number of carbonyl (C=O) groups excluding carboxylic acids is 1. The lowest BCUT2D eigenvalue weighted by Gasteiger charge is -2.34. The van der Waals surface area contributed by atoms with Crippen LogP contribution < -0.4 is 5.32 Å². The predicted octanol–water partition coefficient (Wildman–Crippen LogP) is 1.00. The predicted molar refractivity (Wildman–Crippen MR) is 74.7 cm³/mol. The van der Waals surface area contributed by atoms with Gasteiger partial charge in [0, 0.05) is 37.6 Å². The van der Waals surface area contributed by atoms with Gasteiger partial charge in [-0.15, -0.1) is 11.3 Å². The minimum Gasteiger partial charge on any atom is -0.340 e. The topological polar surface area (TPSA) is 35.6 Å². The van der Waals surface area contributed by atoms with E-state index >= 15 is 0 Å². The molecule has 1 aromatic rings. The molecule has 1 aliphatic rings. The molecular formula is C13H21N3OS. The highest BCUT2D eigenvalue weighted by Gasteiger charge is 2.21. The summed E-state index contributed by atoms with van der Waals surface area (Å²) < 4.78 is 0. The van der Waals surface area contributed by atoms with E-state index in [-0.39, 0.29) is 5.91 Å². The molecule has 1 N–H and O–H groups in total. The van der Waals surface area contributed by atoms with Crippen LogP contribution in [0.5, 0.6) is 0 Å². The van der Waals surface area contributed by atoms with E-state index in [0.717, 1.165) is 26.2 Å². The van der Waals surface area contributed by atoms with Crippen LogP contribution in [0.2, 0.25) is 0 Å². The summed E-state index contributed by atoms with van der Waals surface area (Å²) in [7, 11) is 1.88. The van der Waals surface area contributed by atoms with Gasteiger partial charge in [0.2, 0.25) is 5.91 Å². The summed E-state index contributed by atoms with van der Waals surface area (Å²) in [5.41, 5.74) is 0. The Morgan fingerprint density at radius 2 is 2.50 bits per heavy atom. The quantitative estimate of drug-likeness (QED) is 0.884. The Hall–Kier alpha value is -0.910. The summed E-state index contributed by atoms with van der Waals surface area (Å²) in [5.74, 6) is 0.206. The van der Waals surface area contributed by atoms with Crippen molar-refractivity contribution in [3.8, 4) is 0 Å². The van der Waals surface area contributed by atoms with Gasteiger partial charge in [-0.3, -0.25) is 9.69 Å². The number of likely N-dealkylation sites (N-methyl/N-ethyl adjacent to an activating group) is 1. The molecule has 0 saturated carbocycles. The molecule has 5 heteroatoms. The van der Waals surface area contributed by atoms with E-state index in [1.54, 1.807) is 11.3 Å². The van der Waals surface area contributed by atoms with Crippen LogP contribution in [0.15, 0.2) is 17.5 Å². The molecule has 1 amide bonds. The Morgan fingerprint density at radius 3 is 3.17 bits per heavy atom. The van der Waals surface area contributed by atoms with Crippen molar-refractivity contribution < 1.29 is 4.79 Å². The molecule has 4 nitrogen and oxygen atoms in total. The summed E-state index contributed by atoms with van der Waals surface area (Å²) in [6.07, 6.45) is 0. The largest absolute Gasteiger partial charge is 0.340 e. The standard InChI is InChI=1S/C13H21N3OS/c1-11-8-14-5-6-16(11)10-13(17)15(2)9-12-4-3-7-18-12/h3-4,7,11,14H,5-6,8-10H2,1-2H3. The van der Waals surface area contributed by atoms with Crippen molar-refractivity contribution in [2.75, 3.05) is 33.2 Å². The maximum atomic E-state index is 12.2. The molecular weight excluding hydrogens is 246 g/mol. The van der Waals surface area contributed by atoms with Gasteiger partial charge in [0.05, 0.1) is 13.1 Å². The molecule has 18 heavy (non-hydrogen) atoms. The molecule has 0 bridgehead atoms. The van der Waals surface area contributed by atoms with Gasteiger partial charge in [0.15, 0.2) is 0 Å². The Balaban J connectivity index is 1.83. The van der Waals surface area contributed by atoms with E-state index < -0.39 is 0 Å². The molecule has 1 saturated heterocycles. The minimum atomic E-state index is 0.206. The fourth-order valence-electron chi connectivity index (χ4n) is 2.14. The molecule has 1 atom stereocenters. The van der Waals surface area contributed by atoms with E-state index in [1.807, 2.05) is 23.4 Å². The number of hydrogen-bond acceptors (Lipinski definition) is 4. The van der Waals surface area contributed by atoms with Crippen molar-refractivity contribution in [2.24, 2.45) is 0 Å². The van der Waals surface area contributed by atoms with E-state index in [0.29, 0.717) is 12.6 Å². The molecule has 1 aromatic heterocycles. The van der Waals surface area contributed by atoms with Gasteiger partial charge in [0.1, 0.15) is 0 Å². The lowest BCUT2D eigenvalue weighted by atomic mass is 10.2. The summed E-state index contributed by atoms with van der Waals surface area (Å²) in [6.45, 7) is 6.33. The van der Waals surface area contributed by atoms with E-state index in [9.17, 15) is 4.79 Å². The first-order chi connectivity index (χ1) is 8.66. The second kappa shape index (κ2) is 6.31. The van der Waals surface area contributed by atoms with Crippen LogP contribution in [-0.2, 0) is 11.3 Å². The minimum absolute atomic E-state index is 0.206.